The molecule has 2 heterocycles. The number of hydrogen-bond donors (Lipinski definition) is 2. The predicted octanol–water partition coefficient (Wildman–Crippen LogP) is 1.34. The summed E-state index contributed by atoms with van der Waals surface area (Å²) in [7, 11) is 0. The van der Waals surface area contributed by atoms with E-state index in [0.29, 0.717) is 19.0 Å². The Bertz CT molecular complexity index is 510. The Hall–Kier alpha value is -1.59. The third-order valence-electron chi connectivity index (χ3n) is 4.82. The summed E-state index contributed by atoms with van der Waals surface area (Å²) < 4.78 is 5.69. The maximum atomic E-state index is 12.2. The molecule has 0 radical (unpaired) electrons. The first-order chi connectivity index (χ1) is 11.3. The zero-order valence-electron chi connectivity index (χ0n) is 13.5. The Labute approximate surface area is 137 Å². The minimum atomic E-state index is -0.384. The van der Waals surface area contributed by atoms with Crippen molar-refractivity contribution in [1.82, 2.24) is 10.2 Å². The van der Waals surface area contributed by atoms with E-state index in [2.05, 4.69) is 10.2 Å². The van der Waals surface area contributed by atoms with Gasteiger partial charge in [0, 0.05) is 19.0 Å². The summed E-state index contributed by atoms with van der Waals surface area (Å²) in [6.45, 7) is 3.04. The van der Waals surface area contributed by atoms with E-state index in [1.807, 2.05) is 24.3 Å². The third-order valence-corrected chi connectivity index (χ3v) is 4.82. The van der Waals surface area contributed by atoms with Gasteiger partial charge in [-0.3, -0.25) is 9.69 Å². The molecule has 0 aliphatic carbocycles. The van der Waals surface area contributed by atoms with Crippen molar-refractivity contribution in [2.75, 3.05) is 26.2 Å². The average Bonchev–Trinajstić information content (AvgIpc) is 3.20. The van der Waals surface area contributed by atoms with Crippen molar-refractivity contribution in [2.45, 2.75) is 44.2 Å². The van der Waals surface area contributed by atoms with Crippen LogP contribution in [-0.4, -0.2) is 54.3 Å². The molecule has 3 rings (SSSR count). The highest BCUT2D eigenvalue weighted by Crippen LogP contribution is 2.28. The van der Waals surface area contributed by atoms with Gasteiger partial charge >= 0.3 is 0 Å². The van der Waals surface area contributed by atoms with E-state index in [1.165, 1.54) is 6.42 Å². The normalized spacial score (nSPS) is 23.5. The maximum absolute atomic E-state index is 12.2. The van der Waals surface area contributed by atoms with Crippen LogP contribution in [0.5, 0.6) is 5.75 Å². The molecule has 2 N–H and O–H groups in total. The van der Waals surface area contributed by atoms with Gasteiger partial charge in [-0.2, -0.15) is 0 Å². The van der Waals surface area contributed by atoms with Crippen molar-refractivity contribution < 1.29 is 14.6 Å². The summed E-state index contributed by atoms with van der Waals surface area (Å²) in [6.07, 6.45) is 4.56. The van der Waals surface area contributed by atoms with Gasteiger partial charge in [0.2, 0.25) is 0 Å². The summed E-state index contributed by atoms with van der Waals surface area (Å²) in [6, 6.07) is 8.17. The fourth-order valence-corrected chi connectivity index (χ4v) is 3.49. The minimum Gasteiger partial charge on any atom is -0.480 e. The first-order valence-corrected chi connectivity index (χ1v) is 8.65. The Balaban J connectivity index is 1.31. The number of ether oxygens (including phenoxy) is 1. The fourth-order valence-electron chi connectivity index (χ4n) is 3.49. The number of unbranched alkanes of at least 4 members (excludes halogenated alkanes) is 1. The van der Waals surface area contributed by atoms with Crippen LogP contribution in [-0.2, 0) is 11.2 Å². The molecule has 1 fully saturated rings. The van der Waals surface area contributed by atoms with Gasteiger partial charge in [-0.15, -0.1) is 0 Å². The monoisotopic (exact) mass is 318 g/mol. The highest BCUT2D eigenvalue weighted by Gasteiger charge is 2.28. The SMILES string of the molecule is O=C(NCCCCN1CCCC1CO)C1Cc2ccccc2O1. The Morgan fingerprint density at radius 3 is 3.04 bits per heavy atom. The van der Waals surface area contributed by atoms with Gasteiger partial charge in [-0.1, -0.05) is 18.2 Å². The van der Waals surface area contributed by atoms with Gasteiger partial charge < -0.3 is 15.2 Å². The summed E-state index contributed by atoms with van der Waals surface area (Å²) in [5.74, 6) is 0.812. The highest BCUT2D eigenvalue weighted by molar-refractivity contribution is 5.82. The lowest BCUT2D eigenvalue weighted by Crippen LogP contribution is -2.38. The van der Waals surface area contributed by atoms with Crippen molar-refractivity contribution in [2.24, 2.45) is 0 Å². The first-order valence-electron chi connectivity index (χ1n) is 8.65. The van der Waals surface area contributed by atoms with Gasteiger partial charge in [0.25, 0.3) is 5.91 Å². The second-order valence-electron chi connectivity index (χ2n) is 6.43. The number of nitrogens with zero attached hydrogens (tertiary/aromatic N) is 1. The van der Waals surface area contributed by atoms with Crippen LogP contribution >= 0.6 is 0 Å². The van der Waals surface area contributed by atoms with E-state index in [-0.39, 0.29) is 18.6 Å². The van der Waals surface area contributed by atoms with Crippen molar-refractivity contribution >= 4 is 5.91 Å². The zero-order valence-corrected chi connectivity index (χ0v) is 13.5. The number of carbonyl (C=O) groups is 1. The summed E-state index contributed by atoms with van der Waals surface area (Å²) in [5, 5.41) is 12.3. The quantitative estimate of drug-likeness (QED) is 0.745. The molecule has 5 heteroatoms. The number of fused-ring (bicyclic) bond motifs is 1. The van der Waals surface area contributed by atoms with E-state index in [1.54, 1.807) is 0 Å². The minimum absolute atomic E-state index is 0.0180. The molecule has 0 saturated carbocycles. The Morgan fingerprint density at radius 2 is 2.22 bits per heavy atom. The van der Waals surface area contributed by atoms with Gasteiger partial charge in [0.05, 0.1) is 6.61 Å². The van der Waals surface area contributed by atoms with Crippen molar-refractivity contribution in [1.29, 1.82) is 0 Å². The molecule has 23 heavy (non-hydrogen) atoms. The smallest absolute Gasteiger partial charge is 0.261 e. The number of amides is 1. The van der Waals surface area contributed by atoms with E-state index in [0.717, 1.165) is 43.7 Å². The van der Waals surface area contributed by atoms with E-state index >= 15 is 0 Å². The van der Waals surface area contributed by atoms with E-state index in [9.17, 15) is 9.90 Å². The van der Waals surface area contributed by atoms with Crippen LogP contribution in [0, 0.1) is 0 Å². The number of para-hydroxylation sites is 1. The number of likely N-dealkylation sites (tertiary alicyclic amines) is 1. The van der Waals surface area contributed by atoms with Gasteiger partial charge in [0.15, 0.2) is 6.10 Å². The van der Waals surface area contributed by atoms with Crippen LogP contribution < -0.4 is 10.1 Å². The number of nitrogens with one attached hydrogen (secondary N) is 1. The molecule has 1 saturated heterocycles. The molecular formula is C18H26N2O3. The molecule has 1 aromatic rings. The number of carbonyl (C=O) groups excluding carboxylic acids is 1. The number of aliphatic hydroxyl groups excluding tert-OH is 1. The zero-order chi connectivity index (χ0) is 16.1. The molecule has 2 aliphatic rings. The highest BCUT2D eigenvalue weighted by atomic mass is 16.5. The topological polar surface area (TPSA) is 61.8 Å². The summed E-state index contributed by atoms with van der Waals surface area (Å²) >= 11 is 0. The lowest BCUT2D eigenvalue weighted by Gasteiger charge is -2.22. The predicted molar refractivity (Wildman–Crippen MR) is 88.5 cm³/mol. The number of rotatable bonds is 7. The molecular weight excluding hydrogens is 292 g/mol. The second-order valence-corrected chi connectivity index (χ2v) is 6.43. The number of hydrogen-bond acceptors (Lipinski definition) is 4. The van der Waals surface area contributed by atoms with Crippen molar-refractivity contribution in [3.05, 3.63) is 29.8 Å². The van der Waals surface area contributed by atoms with Gasteiger partial charge in [-0.25, -0.2) is 0 Å². The molecule has 2 atom stereocenters. The number of aliphatic hydroxyl groups is 1. The Kier molecular flexibility index (Phi) is 5.51. The van der Waals surface area contributed by atoms with Gasteiger partial charge in [-0.05, 0) is 50.4 Å². The van der Waals surface area contributed by atoms with Crippen molar-refractivity contribution in [3.8, 4) is 5.75 Å². The molecule has 1 aromatic carbocycles. The second kappa shape index (κ2) is 7.79. The van der Waals surface area contributed by atoms with Crippen LogP contribution in [0.1, 0.15) is 31.2 Å². The van der Waals surface area contributed by atoms with Crippen LogP contribution in [0.3, 0.4) is 0 Å². The van der Waals surface area contributed by atoms with Gasteiger partial charge in [0.1, 0.15) is 5.75 Å². The standard InChI is InChI=1S/C18H26N2O3/c21-13-15-7-5-11-20(15)10-4-3-9-19-18(22)17-12-14-6-1-2-8-16(14)23-17/h1-2,6,8,15,17,21H,3-5,7,9-13H2,(H,19,22). The lowest BCUT2D eigenvalue weighted by molar-refractivity contribution is -0.127. The molecule has 126 valence electrons. The average molecular weight is 318 g/mol. The van der Waals surface area contributed by atoms with Crippen LogP contribution in [0.2, 0.25) is 0 Å². The van der Waals surface area contributed by atoms with Crippen LogP contribution in [0.4, 0.5) is 0 Å². The molecule has 0 spiro atoms. The van der Waals surface area contributed by atoms with E-state index < -0.39 is 0 Å². The largest absolute Gasteiger partial charge is 0.480 e. The Morgan fingerprint density at radius 1 is 1.35 bits per heavy atom. The first kappa shape index (κ1) is 16.3. The third kappa shape index (κ3) is 4.03. The van der Waals surface area contributed by atoms with E-state index in [4.69, 9.17) is 4.74 Å². The lowest BCUT2D eigenvalue weighted by atomic mass is 10.1. The molecule has 2 aliphatic heterocycles. The summed E-state index contributed by atoms with van der Waals surface area (Å²) in [4.78, 5) is 14.5. The number of benzene rings is 1. The molecule has 0 bridgehead atoms. The van der Waals surface area contributed by atoms with Crippen LogP contribution in [0.15, 0.2) is 24.3 Å². The van der Waals surface area contributed by atoms with Crippen LogP contribution in [0.25, 0.3) is 0 Å². The van der Waals surface area contributed by atoms with Crippen molar-refractivity contribution in [3.63, 3.8) is 0 Å². The molecule has 1 amide bonds. The molecule has 2 unspecified atom stereocenters. The summed E-state index contributed by atoms with van der Waals surface area (Å²) in [5.41, 5.74) is 1.11. The fraction of sp³-hybridized carbons (Fsp3) is 0.611. The maximum Gasteiger partial charge on any atom is 0.261 e. The molecule has 0 aromatic heterocycles. The molecule has 5 nitrogen and oxygen atoms in total.